The number of benzene rings is 2. The van der Waals surface area contributed by atoms with Crippen LogP contribution in [0.15, 0.2) is 48.5 Å². The van der Waals surface area contributed by atoms with Gasteiger partial charge < -0.3 is 14.5 Å². The molecule has 0 N–H and O–H groups in total. The molecule has 1 saturated heterocycles. The van der Waals surface area contributed by atoms with Crippen LogP contribution in [0.2, 0.25) is 0 Å². The molecule has 0 spiro atoms. The minimum Gasteiger partial charge on any atom is -0.491 e. The van der Waals surface area contributed by atoms with Gasteiger partial charge in [0.25, 0.3) is 5.91 Å². The van der Waals surface area contributed by atoms with Gasteiger partial charge in [-0.15, -0.1) is 0 Å². The molecule has 0 saturated carbocycles. The molecule has 5 heteroatoms. The zero-order valence-electron chi connectivity index (χ0n) is 16.0. The molecule has 0 aromatic heterocycles. The molecule has 27 heavy (non-hydrogen) atoms. The Bertz CT molecular complexity index is 801. The summed E-state index contributed by atoms with van der Waals surface area (Å²) in [6, 6.07) is 15.1. The standard InChI is InChI=1S/C22H26N2O3/c1-17-7-3-4-8-20(17)27-16-15-23(2)22(26)18-10-12-19(13-11-18)24-14-6-5-9-21(24)25/h3-4,7-8,10-13H,5-6,9,14-16H2,1-2H3. The third-order valence-electron chi connectivity index (χ3n) is 4.87. The van der Waals surface area contributed by atoms with Gasteiger partial charge in [0.05, 0.1) is 6.54 Å². The van der Waals surface area contributed by atoms with Gasteiger partial charge in [-0.3, -0.25) is 9.59 Å². The van der Waals surface area contributed by atoms with Crippen molar-refractivity contribution >= 4 is 17.5 Å². The lowest BCUT2D eigenvalue weighted by atomic mass is 10.1. The van der Waals surface area contributed by atoms with Crippen molar-refractivity contribution < 1.29 is 14.3 Å². The third kappa shape index (κ3) is 4.67. The van der Waals surface area contributed by atoms with Crippen LogP contribution in [0.3, 0.4) is 0 Å². The van der Waals surface area contributed by atoms with Crippen LogP contribution in [0.5, 0.6) is 5.75 Å². The van der Waals surface area contributed by atoms with E-state index in [2.05, 4.69) is 0 Å². The Kier molecular flexibility index (Phi) is 6.12. The van der Waals surface area contributed by atoms with E-state index in [9.17, 15) is 9.59 Å². The largest absolute Gasteiger partial charge is 0.491 e. The molecule has 1 aliphatic rings. The number of ether oxygens (including phenoxy) is 1. The average molecular weight is 366 g/mol. The van der Waals surface area contributed by atoms with Crippen molar-refractivity contribution in [1.82, 2.24) is 4.90 Å². The fourth-order valence-electron chi connectivity index (χ4n) is 3.20. The van der Waals surface area contributed by atoms with Gasteiger partial charge in [-0.1, -0.05) is 18.2 Å². The maximum absolute atomic E-state index is 12.6. The Labute approximate surface area is 160 Å². The summed E-state index contributed by atoms with van der Waals surface area (Å²) in [4.78, 5) is 28.1. The van der Waals surface area contributed by atoms with Crippen LogP contribution in [-0.4, -0.2) is 43.5 Å². The molecule has 3 rings (SSSR count). The number of hydrogen-bond acceptors (Lipinski definition) is 3. The van der Waals surface area contributed by atoms with E-state index in [0.29, 0.717) is 25.1 Å². The number of para-hydroxylation sites is 1. The molecule has 2 amide bonds. The number of nitrogens with zero attached hydrogens (tertiary/aromatic N) is 2. The normalized spacial score (nSPS) is 14.1. The lowest BCUT2D eigenvalue weighted by Gasteiger charge is -2.27. The lowest BCUT2D eigenvalue weighted by molar-refractivity contribution is -0.119. The van der Waals surface area contributed by atoms with Crippen molar-refractivity contribution in [3.63, 3.8) is 0 Å². The predicted molar refractivity (Wildman–Crippen MR) is 106 cm³/mol. The number of likely N-dealkylation sites (N-methyl/N-ethyl adjacent to an activating group) is 1. The first-order valence-corrected chi connectivity index (χ1v) is 9.40. The third-order valence-corrected chi connectivity index (χ3v) is 4.87. The van der Waals surface area contributed by atoms with E-state index in [0.717, 1.165) is 36.4 Å². The number of hydrogen-bond donors (Lipinski definition) is 0. The van der Waals surface area contributed by atoms with Crippen LogP contribution >= 0.6 is 0 Å². The van der Waals surface area contributed by atoms with Gasteiger partial charge in [0, 0.05) is 31.3 Å². The zero-order chi connectivity index (χ0) is 19.2. The summed E-state index contributed by atoms with van der Waals surface area (Å²) in [6.45, 7) is 3.69. The second kappa shape index (κ2) is 8.71. The lowest BCUT2D eigenvalue weighted by Crippen LogP contribution is -2.35. The Hall–Kier alpha value is -2.82. The van der Waals surface area contributed by atoms with Crippen molar-refractivity contribution in [2.75, 3.05) is 31.6 Å². The number of anilines is 1. The molecule has 142 valence electrons. The number of piperidine rings is 1. The van der Waals surface area contributed by atoms with Crippen molar-refractivity contribution in [1.29, 1.82) is 0 Å². The van der Waals surface area contributed by atoms with Crippen molar-refractivity contribution in [3.8, 4) is 5.75 Å². The van der Waals surface area contributed by atoms with Gasteiger partial charge in [-0.2, -0.15) is 0 Å². The Morgan fingerprint density at radius 3 is 2.56 bits per heavy atom. The highest BCUT2D eigenvalue weighted by atomic mass is 16.5. The topological polar surface area (TPSA) is 49.9 Å². The number of carbonyl (C=O) groups is 2. The molecule has 2 aromatic rings. The zero-order valence-corrected chi connectivity index (χ0v) is 16.0. The summed E-state index contributed by atoms with van der Waals surface area (Å²) in [5.41, 5.74) is 2.55. The highest BCUT2D eigenvalue weighted by Gasteiger charge is 2.20. The van der Waals surface area contributed by atoms with Crippen molar-refractivity contribution in [3.05, 3.63) is 59.7 Å². The van der Waals surface area contributed by atoms with Gasteiger partial charge in [-0.05, 0) is 55.7 Å². The van der Waals surface area contributed by atoms with E-state index in [1.165, 1.54) is 0 Å². The number of rotatable bonds is 6. The highest BCUT2D eigenvalue weighted by molar-refractivity contribution is 5.96. The predicted octanol–water partition coefficient (Wildman–Crippen LogP) is 3.66. The average Bonchev–Trinajstić information content (AvgIpc) is 2.69. The minimum absolute atomic E-state index is 0.0556. The molecular weight excluding hydrogens is 340 g/mol. The van der Waals surface area contributed by atoms with E-state index < -0.39 is 0 Å². The van der Waals surface area contributed by atoms with Crippen LogP contribution < -0.4 is 9.64 Å². The first-order valence-electron chi connectivity index (χ1n) is 9.40. The molecule has 5 nitrogen and oxygen atoms in total. The molecule has 2 aromatic carbocycles. The Balaban J connectivity index is 1.55. The number of carbonyl (C=O) groups excluding carboxylic acids is 2. The molecular formula is C22H26N2O3. The fraction of sp³-hybridized carbons (Fsp3) is 0.364. The molecule has 0 radical (unpaired) electrons. The quantitative estimate of drug-likeness (QED) is 0.784. The van der Waals surface area contributed by atoms with Gasteiger partial charge in [0.2, 0.25) is 5.91 Å². The summed E-state index contributed by atoms with van der Waals surface area (Å²) < 4.78 is 5.77. The summed E-state index contributed by atoms with van der Waals surface area (Å²) in [7, 11) is 1.77. The van der Waals surface area contributed by atoms with Crippen molar-refractivity contribution in [2.45, 2.75) is 26.2 Å². The van der Waals surface area contributed by atoms with E-state index in [1.54, 1.807) is 29.0 Å². The molecule has 1 aliphatic heterocycles. The second-order valence-corrected chi connectivity index (χ2v) is 6.89. The molecule has 0 bridgehead atoms. The van der Waals surface area contributed by atoms with Crippen LogP contribution in [0, 0.1) is 6.92 Å². The van der Waals surface area contributed by atoms with E-state index in [4.69, 9.17) is 4.74 Å². The summed E-state index contributed by atoms with van der Waals surface area (Å²) in [6.07, 6.45) is 2.58. The van der Waals surface area contributed by atoms with Gasteiger partial charge in [-0.25, -0.2) is 0 Å². The minimum atomic E-state index is -0.0556. The van der Waals surface area contributed by atoms with Gasteiger partial charge in [0.1, 0.15) is 12.4 Å². The maximum Gasteiger partial charge on any atom is 0.253 e. The fourth-order valence-corrected chi connectivity index (χ4v) is 3.20. The number of aryl methyl sites for hydroxylation is 1. The van der Waals surface area contributed by atoms with E-state index in [-0.39, 0.29) is 11.8 Å². The van der Waals surface area contributed by atoms with Crippen LogP contribution in [0.4, 0.5) is 5.69 Å². The molecule has 1 heterocycles. The first-order chi connectivity index (χ1) is 13.1. The SMILES string of the molecule is Cc1ccccc1OCCN(C)C(=O)c1ccc(N2CCCCC2=O)cc1. The molecule has 0 atom stereocenters. The molecule has 0 unspecified atom stereocenters. The van der Waals surface area contributed by atoms with Crippen LogP contribution in [-0.2, 0) is 4.79 Å². The van der Waals surface area contributed by atoms with Crippen LogP contribution in [0.25, 0.3) is 0 Å². The monoisotopic (exact) mass is 366 g/mol. The summed E-state index contributed by atoms with van der Waals surface area (Å²) in [5, 5.41) is 0. The van der Waals surface area contributed by atoms with Gasteiger partial charge in [0.15, 0.2) is 0 Å². The summed E-state index contributed by atoms with van der Waals surface area (Å²) >= 11 is 0. The van der Waals surface area contributed by atoms with Crippen LogP contribution in [0.1, 0.15) is 35.2 Å². The Morgan fingerprint density at radius 1 is 1.11 bits per heavy atom. The maximum atomic E-state index is 12.6. The second-order valence-electron chi connectivity index (χ2n) is 6.89. The first kappa shape index (κ1) is 19.0. The van der Waals surface area contributed by atoms with Crippen molar-refractivity contribution in [2.24, 2.45) is 0 Å². The highest BCUT2D eigenvalue weighted by Crippen LogP contribution is 2.21. The molecule has 1 fully saturated rings. The van der Waals surface area contributed by atoms with E-state index >= 15 is 0 Å². The van der Waals surface area contributed by atoms with E-state index in [1.807, 2.05) is 43.3 Å². The Morgan fingerprint density at radius 2 is 1.85 bits per heavy atom. The van der Waals surface area contributed by atoms with Gasteiger partial charge >= 0.3 is 0 Å². The summed E-state index contributed by atoms with van der Waals surface area (Å²) in [5.74, 6) is 0.944. The smallest absolute Gasteiger partial charge is 0.253 e. The molecule has 0 aliphatic carbocycles. The number of amides is 2.